The van der Waals surface area contributed by atoms with Gasteiger partial charge in [-0.2, -0.15) is 13.2 Å². The number of nitrogens with zero attached hydrogens (tertiary/aromatic N) is 1. The molecule has 78 valence electrons. The van der Waals surface area contributed by atoms with E-state index in [1.807, 2.05) is 0 Å². The molecule has 1 saturated carbocycles. The summed E-state index contributed by atoms with van der Waals surface area (Å²) in [7, 11) is 3.26. The third kappa shape index (κ3) is 2.57. The monoisotopic (exact) mass is 196 g/mol. The van der Waals surface area contributed by atoms with E-state index in [1.165, 1.54) is 4.90 Å². The van der Waals surface area contributed by atoms with Crippen LogP contribution in [0, 0.1) is 5.92 Å². The van der Waals surface area contributed by atoms with Crippen LogP contribution in [-0.2, 0) is 0 Å². The number of nitrogens with two attached hydrogens (primary N) is 1. The second-order valence-electron chi connectivity index (χ2n) is 4.09. The molecule has 1 atom stereocenters. The summed E-state index contributed by atoms with van der Waals surface area (Å²) in [4.78, 5) is 1.53. The lowest BCUT2D eigenvalue weighted by atomic mass is 9.97. The first-order chi connectivity index (χ1) is 5.76. The Morgan fingerprint density at radius 2 is 1.85 bits per heavy atom. The van der Waals surface area contributed by atoms with E-state index >= 15 is 0 Å². The average Bonchev–Trinajstić information content (AvgIpc) is 2.61. The first kappa shape index (κ1) is 10.8. The van der Waals surface area contributed by atoms with Crippen LogP contribution in [0.25, 0.3) is 0 Å². The first-order valence-electron chi connectivity index (χ1n) is 4.26. The van der Waals surface area contributed by atoms with Crippen LogP contribution in [0.4, 0.5) is 13.2 Å². The maximum absolute atomic E-state index is 12.5. The first-order valence-corrected chi connectivity index (χ1v) is 4.26. The Morgan fingerprint density at radius 3 is 2.08 bits per heavy atom. The van der Waals surface area contributed by atoms with Crippen molar-refractivity contribution in [3.8, 4) is 0 Å². The third-order valence-corrected chi connectivity index (χ3v) is 2.46. The van der Waals surface area contributed by atoms with Crippen LogP contribution >= 0.6 is 0 Å². The molecule has 0 aromatic carbocycles. The van der Waals surface area contributed by atoms with E-state index in [4.69, 9.17) is 5.73 Å². The van der Waals surface area contributed by atoms with E-state index in [0.717, 1.165) is 0 Å². The summed E-state index contributed by atoms with van der Waals surface area (Å²) in [5, 5.41) is 0. The Hall–Kier alpha value is -0.290. The summed E-state index contributed by atoms with van der Waals surface area (Å²) in [5.74, 6) is -1.38. The zero-order valence-corrected chi connectivity index (χ0v) is 7.86. The Balaban J connectivity index is 2.66. The average molecular weight is 196 g/mol. The fourth-order valence-corrected chi connectivity index (χ4v) is 1.47. The van der Waals surface area contributed by atoms with Gasteiger partial charge in [-0.15, -0.1) is 0 Å². The molecule has 1 aliphatic carbocycles. The van der Waals surface area contributed by atoms with Crippen LogP contribution in [0.15, 0.2) is 0 Å². The van der Waals surface area contributed by atoms with Gasteiger partial charge in [0.15, 0.2) is 0 Å². The van der Waals surface area contributed by atoms with Crippen molar-refractivity contribution in [2.24, 2.45) is 11.7 Å². The van der Waals surface area contributed by atoms with Gasteiger partial charge < -0.3 is 10.6 Å². The number of halogens is 3. The molecule has 1 rings (SSSR count). The van der Waals surface area contributed by atoms with Crippen LogP contribution in [0.3, 0.4) is 0 Å². The van der Waals surface area contributed by atoms with Gasteiger partial charge in [0.2, 0.25) is 0 Å². The van der Waals surface area contributed by atoms with Crippen LogP contribution in [-0.4, -0.2) is 37.3 Å². The van der Waals surface area contributed by atoms with E-state index in [-0.39, 0.29) is 6.54 Å². The Kier molecular flexibility index (Phi) is 2.60. The van der Waals surface area contributed by atoms with Crippen LogP contribution < -0.4 is 5.73 Å². The van der Waals surface area contributed by atoms with E-state index in [9.17, 15) is 13.2 Å². The largest absolute Gasteiger partial charge is 0.394 e. The van der Waals surface area contributed by atoms with Gasteiger partial charge in [0, 0.05) is 12.1 Å². The van der Waals surface area contributed by atoms with Crippen molar-refractivity contribution in [1.29, 1.82) is 0 Å². The summed E-state index contributed by atoms with van der Waals surface area (Å²) < 4.78 is 37.5. The van der Waals surface area contributed by atoms with Gasteiger partial charge >= 0.3 is 6.18 Å². The predicted molar refractivity (Wildman–Crippen MR) is 44.3 cm³/mol. The van der Waals surface area contributed by atoms with Gasteiger partial charge in [0.05, 0.1) is 5.92 Å². The standard InChI is InChI=1S/C8H15F3N2/c1-13(2)5-6(8(9,10)11)7(12)3-4-7/h6H,3-5,12H2,1-2H3. The Bertz CT molecular complexity index is 179. The van der Waals surface area contributed by atoms with Crippen molar-refractivity contribution in [3.63, 3.8) is 0 Å². The molecular weight excluding hydrogens is 181 g/mol. The fraction of sp³-hybridized carbons (Fsp3) is 1.00. The SMILES string of the molecule is CN(C)CC(C(F)(F)F)C1(N)CC1. The smallest absolute Gasteiger partial charge is 0.324 e. The van der Waals surface area contributed by atoms with Crippen LogP contribution in [0.1, 0.15) is 12.8 Å². The normalized spacial score (nSPS) is 23.3. The fourth-order valence-electron chi connectivity index (χ4n) is 1.47. The lowest BCUT2D eigenvalue weighted by molar-refractivity contribution is -0.186. The summed E-state index contributed by atoms with van der Waals surface area (Å²) in [5.41, 5.74) is 4.59. The molecule has 0 aromatic heterocycles. The lowest BCUT2D eigenvalue weighted by Crippen LogP contribution is -2.47. The molecule has 0 aliphatic heterocycles. The maximum Gasteiger partial charge on any atom is 0.394 e. The summed E-state index contributed by atoms with van der Waals surface area (Å²) in [6.45, 7) is -0.0139. The summed E-state index contributed by atoms with van der Waals surface area (Å²) in [6, 6.07) is 0. The predicted octanol–water partition coefficient (Wildman–Crippen LogP) is 1.22. The van der Waals surface area contributed by atoms with Gasteiger partial charge in [-0.05, 0) is 26.9 Å². The molecule has 0 bridgehead atoms. The topological polar surface area (TPSA) is 29.3 Å². The number of hydrogen-bond donors (Lipinski definition) is 1. The zero-order valence-electron chi connectivity index (χ0n) is 7.86. The van der Waals surface area contributed by atoms with Crippen molar-refractivity contribution in [3.05, 3.63) is 0 Å². The summed E-state index contributed by atoms with van der Waals surface area (Å²) >= 11 is 0. The summed E-state index contributed by atoms with van der Waals surface area (Å²) in [6.07, 6.45) is -3.19. The third-order valence-electron chi connectivity index (χ3n) is 2.46. The van der Waals surface area contributed by atoms with E-state index in [1.54, 1.807) is 14.1 Å². The van der Waals surface area contributed by atoms with E-state index in [0.29, 0.717) is 12.8 Å². The molecule has 0 spiro atoms. The van der Waals surface area contributed by atoms with E-state index < -0.39 is 17.6 Å². The van der Waals surface area contributed by atoms with Crippen molar-refractivity contribution >= 4 is 0 Å². The van der Waals surface area contributed by atoms with Crippen molar-refractivity contribution < 1.29 is 13.2 Å². The van der Waals surface area contributed by atoms with Crippen molar-refractivity contribution in [1.82, 2.24) is 4.90 Å². The minimum atomic E-state index is -4.17. The number of rotatable bonds is 3. The van der Waals surface area contributed by atoms with Gasteiger partial charge in [-0.3, -0.25) is 0 Å². The second kappa shape index (κ2) is 3.13. The van der Waals surface area contributed by atoms with E-state index in [2.05, 4.69) is 0 Å². The highest BCUT2D eigenvalue weighted by molar-refractivity contribution is 5.06. The molecule has 13 heavy (non-hydrogen) atoms. The molecule has 0 heterocycles. The molecule has 2 nitrogen and oxygen atoms in total. The molecule has 0 radical (unpaired) electrons. The van der Waals surface area contributed by atoms with Crippen LogP contribution in [0.5, 0.6) is 0 Å². The molecule has 1 aliphatic rings. The van der Waals surface area contributed by atoms with Gasteiger partial charge in [-0.1, -0.05) is 0 Å². The van der Waals surface area contributed by atoms with Gasteiger partial charge in [-0.25, -0.2) is 0 Å². The molecule has 5 heteroatoms. The van der Waals surface area contributed by atoms with Crippen molar-refractivity contribution in [2.75, 3.05) is 20.6 Å². The molecule has 0 saturated heterocycles. The van der Waals surface area contributed by atoms with Gasteiger partial charge in [0.25, 0.3) is 0 Å². The van der Waals surface area contributed by atoms with Crippen LogP contribution in [0.2, 0.25) is 0 Å². The highest BCUT2D eigenvalue weighted by Crippen LogP contribution is 2.47. The molecule has 0 aromatic rings. The minimum absolute atomic E-state index is 0.0139. The highest BCUT2D eigenvalue weighted by atomic mass is 19.4. The molecule has 0 amide bonds. The highest BCUT2D eigenvalue weighted by Gasteiger charge is 2.57. The molecule has 1 fully saturated rings. The minimum Gasteiger partial charge on any atom is -0.324 e. The van der Waals surface area contributed by atoms with Gasteiger partial charge in [0.1, 0.15) is 0 Å². The number of hydrogen-bond acceptors (Lipinski definition) is 2. The van der Waals surface area contributed by atoms with Crippen molar-refractivity contribution in [2.45, 2.75) is 24.6 Å². The molecule has 2 N–H and O–H groups in total. The zero-order chi connectivity index (χ0) is 10.3. The molecule has 1 unspecified atom stereocenters. The lowest BCUT2D eigenvalue weighted by Gasteiger charge is -2.28. The molecular formula is C8H15F3N2. The number of alkyl halides is 3. The Morgan fingerprint density at radius 1 is 1.38 bits per heavy atom. The maximum atomic E-state index is 12.5. The quantitative estimate of drug-likeness (QED) is 0.735. The second-order valence-corrected chi connectivity index (χ2v) is 4.09. The Labute approximate surface area is 75.9 Å².